The van der Waals surface area contributed by atoms with E-state index in [1.165, 1.54) is 0 Å². The minimum absolute atomic E-state index is 0.160. The van der Waals surface area contributed by atoms with Gasteiger partial charge in [0.2, 0.25) is 0 Å². The van der Waals surface area contributed by atoms with E-state index in [0.717, 1.165) is 12.8 Å². The minimum atomic E-state index is -1.45. The molecule has 0 heterocycles. The van der Waals surface area contributed by atoms with Gasteiger partial charge < -0.3 is 8.85 Å². The summed E-state index contributed by atoms with van der Waals surface area (Å²) in [6.07, 6.45) is 2.25. The van der Waals surface area contributed by atoms with E-state index in [9.17, 15) is 0 Å². The van der Waals surface area contributed by atoms with Gasteiger partial charge in [-0.25, -0.2) is 0 Å². The molecule has 0 amide bonds. The molecular weight excluding hydrogens is 244 g/mol. The fraction of sp³-hybridized carbons (Fsp3) is 1.00. The zero-order chi connectivity index (χ0) is 12.1. The molecule has 0 bridgehead atoms. The lowest BCUT2D eigenvalue weighted by molar-refractivity contribution is 0.126. The summed E-state index contributed by atoms with van der Waals surface area (Å²) >= 11 is 9.14. The van der Waals surface area contributed by atoms with Crippen molar-refractivity contribution in [3.05, 3.63) is 0 Å². The third-order valence-electron chi connectivity index (χ3n) is 1.61. The fourth-order valence-electron chi connectivity index (χ4n) is 1.10. The Morgan fingerprint density at radius 2 is 1.47 bits per heavy atom. The van der Waals surface area contributed by atoms with Crippen LogP contribution in [-0.2, 0) is 8.85 Å². The molecule has 0 aliphatic heterocycles. The SMILES string of the molecule is CCCC(S)(S)[Si](OC(C)C)OC(C)C. The van der Waals surface area contributed by atoms with Gasteiger partial charge in [-0.2, -0.15) is 25.3 Å². The first-order chi connectivity index (χ1) is 6.79. The zero-order valence-electron chi connectivity index (χ0n) is 10.3. The summed E-state index contributed by atoms with van der Waals surface area (Å²) in [7, 11) is -1.45. The molecule has 0 N–H and O–H groups in total. The normalized spacial score (nSPS) is 13.2. The van der Waals surface area contributed by atoms with Crippen LogP contribution in [0.25, 0.3) is 0 Å². The van der Waals surface area contributed by atoms with Gasteiger partial charge >= 0.3 is 9.28 Å². The second-order valence-corrected chi connectivity index (χ2v) is 8.81. The van der Waals surface area contributed by atoms with E-state index in [0.29, 0.717) is 0 Å². The molecule has 0 aliphatic carbocycles. The molecule has 0 spiro atoms. The van der Waals surface area contributed by atoms with E-state index in [2.05, 4.69) is 32.2 Å². The molecule has 1 radical (unpaired) electrons. The van der Waals surface area contributed by atoms with E-state index in [-0.39, 0.29) is 12.2 Å². The summed E-state index contributed by atoms with van der Waals surface area (Å²) in [6, 6.07) is 0. The lowest BCUT2D eigenvalue weighted by atomic mass is 10.4. The van der Waals surface area contributed by atoms with Crippen molar-refractivity contribution in [3.63, 3.8) is 0 Å². The van der Waals surface area contributed by atoms with Crippen LogP contribution in [0.1, 0.15) is 47.5 Å². The van der Waals surface area contributed by atoms with Gasteiger partial charge in [-0.05, 0) is 34.1 Å². The molecule has 0 atom stereocenters. The van der Waals surface area contributed by atoms with Crippen LogP contribution in [0, 0.1) is 0 Å². The van der Waals surface area contributed by atoms with E-state index in [1.807, 2.05) is 27.7 Å². The molecule has 0 unspecified atom stereocenters. The van der Waals surface area contributed by atoms with Crippen molar-refractivity contribution in [2.45, 2.75) is 63.4 Å². The monoisotopic (exact) mass is 267 g/mol. The van der Waals surface area contributed by atoms with Crippen molar-refractivity contribution < 1.29 is 8.85 Å². The molecule has 0 saturated heterocycles. The third-order valence-corrected chi connectivity index (χ3v) is 5.43. The Bertz CT molecular complexity index is 165. The zero-order valence-corrected chi connectivity index (χ0v) is 13.1. The molecule has 0 rings (SSSR count). The van der Waals surface area contributed by atoms with E-state index in [4.69, 9.17) is 8.85 Å². The van der Waals surface area contributed by atoms with Crippen LogP contribution in [0.15, 0.2) is 0 Å². The van der Waals surface area contributed by atoms with Crippen LogP contribution in [0.3, 0.4) is 0 Å². The first kappa shape index (κ1) is 15.8. The molecular formula is C10H23O2S2Si. The predicted molar refractivity (Wildman–Crippen MR) is 73.8 cm³/mol. The van der Waals surface area contributed by atoms with Gasteiger partial charge in [0.05, 0.1) is 0 Å². The Hall–Kier alpha value is 0.837. The summed E-state index contributed by atoms with van der Waals surface area (Å²) in [5, 5.41) is 0. The van der Waals surface area contributed by atoms with Crippen LogP contribution < -0.4 is 0 Å². The highest BCUT2D eigenvalue weighted by molar-refractivity contribution is 8.03. The van der Waals surface area contributed by atoms with Gasteiger partial charge in [-0.3, -0.25) is 0 Å². The minimum Gasteiger partial charge on any atom is -0.390 e. The third kappa shape index (κ3) is 6.89. The maximum atomic E-state index is 5.81. The average molecular weight is 268 g/mol. The lowest BCUT2D eigenvalue weighted by Gasteiger charge is -2.31. The highest BCUT2D eigenvalue weighted by Crippen LogP contribution is 2.31. The van der Waals surface area contributed by atoms with Crippen molar-refractivity contribution in [1.29, 1.82) is 0 Å². The molecule has 2 nitrogen and oxygen atoms in total. The first-order valence-electron chi connectivity index (χ1n) is 5.45. The van der Waals surface area contributed by atoms with Crippen LogP contribution in [0.4, 0.5) is 0 Å². The largest absolute Gasteiger partial charge is 0.413 e. The number of rotatable bonds is 7. The van der Waals surface area contributed by atoms with Crippen molar-refractivity contribution in [2.75, 3.05) is 0 Å². The van der Waals surface area contributed by atoms with Crippen LogP contribution in [-0.4, -0.2) is 25.2 Å². The molecule has 0 saturated carbocycles. The van der Waals surface area contributed by atoms with Crippen molar-refractivity contribution >= 4 is 34.5 Å². The molecule has 0 aromatic rings. The van der Waals surface area contributed by atoms with Crippen LogP contribution in [0.2, 0.25) is 0 Å². The topological polar surface area (TPSA) is 18.5 Å². The van der Waals surface area contributed by atoms with Gasteiger partial charge in [0.15, 0.2) is 0 Å². The summed E-state index contributed by atoms with van der Waals surface area (Å²) in [4.78, 5) is 0. The standard InChI is InChI=1S/C10H23O2S2Si/c1-6-7-10(13,14)15(11-8(2)3)12-9(4)5/h8-9,13-14H,6-7H2,1-5H3. The van der Waals surface area contributed by atoms with Crippen LogP contribution >= 0.6 is 25.3 Å². The molecule has 0 aliphatic rings. The van der Waals surface area contributed by atoms with Crippen LogP contribution in [0.5, 0.6) is 0 Å². The van der Waals surface area contributed by atoms with Gasteiger partial charge in [-0.15, -0.1) is 0 Å². The molecule has 15 heavy (non-hydrogen) atoms. The van der Waals surface area contributed by atoms with E-state index in [1.54, 1.807) is 0 Å². The Morgan fingerprint density at radius 3 is 1.73 bits per heavy atom. The number of hydrogen-bond acceptors (Lipinski definition) is 4. The van der Waals surface area contributed by atoms with E-state index >= 15 is 0 Å². The molecule has 0 aromatic carbocycles. The fourth-order valence-corrected chi connectivity index (χ4v) is 3.92. The van der Waals surface area contributed by atoms with E-state index < -0.39 is 13.0 Å². The Kier molecular flexibility index (Phi) is 7.62. The van der Waals surface area contributed by atoms with Gasteiger partial charge in [0.25, 0.3) is 0 Å². The lowest BCUT2D eigenvalue weighted by Crippen LogP contribution is -2.45. The Morgan fingerprint density at radius 1 is 1.07 bits per heavy atom. The molecule has 0 fully saturated rings. The van der Waals surface area contributed by atoms with Crippen molar-refractivity contribution in [2.24, 2.45) is 0 Å². The second kappa shape index (κ2) is 7.22. The maximum Gasteiger partial charge on any atom is 0.413 e. The summed E-state index contributed by atoms with van der Waals surface area (Å²) in [5.74, 6) is 0. The summed E-state index contributed by atoms with van der Waals surface area (Å²) in [5.41, 5.74) is 0. The first-order valence-corrected chi connectivity index (χ1v) is 7.66. The second-order valence-electron chi connectivity index (χ2n) is 4.19. The summed E-state index contributed by atoms with van der Waals surface area (Å²) in [6.45, 7) is 10.2. The molecule has 5 heteroatoms. The average Bonchev–Trinajstić information content (AvgIpc) is 2.00. The smallest absolute Gasteiger partial charge is 0.390 e. The maximum absolute atomic E-state index is 5.81. The highest BCUT2D eigenvalue weighted by Gasteiger charge is 2.39. The number of thiol groups is 2. The quantitative estimate of drug-likeness (QED) is 0.419. The Balaban J connectivity index is 4.45. The predicted octanol–water partition coefficient (Wildman–Crippen LogP) is 3.22. The number of hydrogen-bond donors (Lipinski definition) is 2. The van der Waals surface area contributed by atoms with Gasteiger partial charge in [0.1, 0.15) is 3.70 Å². The van der Waals surface area contributed by atoms with Crippen molar-refractivity contribution in [1.82, 2.24) is 0 Å². The Labute approximate surface area is 107 Å². The van der Waals surface area contributed by atoms with Gasteiger partial charge in [-0.1, -0.05) is 13.3 Å². The van der Waals surface area contributed by atoms with Gasteiger partial charge in [0, 0.05) is 12.2 Å². The van der Waals surface area contributed by atoms with Crippen molar-refractivity contribution in [3.8, 4) is 0 Å². The summed E-state index contributed by atoms with van der Waals surface area (Å²) < 4.78 is 11.2. The molecule has 91 valence electrons. The molecule has 0 aromatic heterocycles. The highest BCUT2D eigenvalue weighted by atomic mass is 32.2.